The van der Waals surface area contributed by atoms with Crippen molar-refractivity contribution in [1.29, 1.82) is 0 Å². The SMILES string of the molecule is COc1cc(OC)cc(C(=O)NNC(=O)CSc2nnc(COc3ccccc3)o2)c1. The zero-order valence-corrected chi connectivity index (χ0v) is 17.6. The standard InChI is InChI=1S/C20H20N4O6S/c1-27-15-8-13(9-16(10-15)28-2)19(26)23-21-17(25)12-31-20-24-22-18(30-20)11-29-14-6-4-3-5-7-14/h3-10H,11-12H2,1-2H3,(H,21,25)(H,23,26). The van der Waals surface area contributed by atoms with E-state index in [1.807, 2.05) is 30.3 Å². The van der Waals surface area contributed by atoms with E-state index in [4.69, 9.17) is 18.6 Å². The Morgan fingerprint density at radius 3 is 2.35 bits per heavy atom. The van der Waals surface area contributed by atoms with Crippen LogP contribution in [0.15, 0.2) is 58.2 Å². The number of rotatable bonds is 9. The number of ether oxygens (including phenoxy) is 3. The van der Waals surface area contributed by atoms with E-state index < -0.39 is 11.8 Å². The Bertz CT molecular complexity index is 1010. The van der Waals surface area contributed by atoms with Gasteiger partial charge in [-0.2, -0.15) is 0 Å². The van der Waals surface area contributed by atoms with Crippen molar-refractivity contribution in [3.05, 3.63) is 60.0 Å². The molecular weight excluding hydrogens is 424 g/mol. The maximum Gasteiger partial charge on any atom is 0.277 e. The van der Waals surface area contributed by atoms with Crippen molar-refractivity contribution in [3.8, 4) is 17.2 Å². The summed E-state index contributed by atoms with van der Waals surface area (Å²) < 4.78 is 21.2. The van der Waals surface area contributed by atoms with Crippen LogP contribution in [0.4, 0.5) is 0 Å². The highest BCUT2D eigenvalue weighted by molar-refractivity contribution is 7.99. The summed E-state index contributed by atoms with van der Waals surface area (Å²) in [5.74, 6) is 0.862. The first-order chi connectivity index (χ1) is 15.1. The third-order valence-electron chi connectivity index (χ3n) is 3.81. The predicted octanol–water partition coefficient (Wildman–Crippen LogP) is 2.22. The summed E-state index contributed by atoms with van der Waals surface area (Å²) >= 11 is 1.03. The minimum absolute atomic E-state index is 0.0388. The number of aromatic nitrogens is 2. The predicted molar refractivity (Wildman–Crippen MR) is 111 cm³/mol. The lowest BCUT2D eigenvalue weighted by molar-refractivity contribution is -0.119. The van der Waals surface area contributed by atoms with Gasteiger partial charge in [-0.15, -0.1) is 10.2 Å². The summed E-state index contributed by atoms with van der Waals surface area (Å²) in [5.41, 5.74) is 4.92. The molecular formula is C20H20N4O6S. The van der Waals surface area contributed by atoms with Crippen molar-refractivity contribution < 1.29 is 28.2 Å². The van der Waals surface area contributed by atoms with Crippen molar-refractivity contribution in [3.63, 3.8) is 0 Å². The summed E-state index contributed by atoms with van der Waals surface area (Å²) in [5, 5.41) is 7.93. The molecule has 10 nitrogen and oxygen atoms in total. The van der Waals surface area contributed by atoms with Gasteiger partial charge in [0.15, 0.2) is 6.61 Å². The van der Waals surface area contributed by atoms with Crippen LogP contribution in [0, 0.1) is 0 Å². The summed E-state index contributed by atoms with van der Waals surface area (Å²) in [6, 6.07) is 13.9. The molecule has 1 aromatic heterocycles. The lowest BCUT2D eigenvalue weighted by Gasteiger charge is -2.09. The molecule has 31 heavy (non-hydrogen) atoms. The molecule has 0 aliphatic carbocycles. The zero-order chi connectivity index (χ0) is 22.1. The first-order valence-corrected chi connectivity index (χ1v) is 10.0. The second-order valence-corrected chi connectivity index (χ2v) is 6.88. The number of thioether (sulfide) groups is 1. The van der Waals surface area contributed by atoms with Crippen LogP contribution in [0.3, 0.4) is 0 Å². The van der Waals surface area contributed by atoms with Crippen LogP contribution in [0.5, 0.6) is 17.2 Å². The maximum atomic E-state index is 12.3. The topological polar surface area (TPSA) is 125 Å². The second kappa shape index (κ2) is 10.9. The maximum absolute atomic E-state index is 12.3. The number of methoxy groups -OCH3 is 2. The summed E-state index contributed by atoms with van der Waals surface area (Å²) in [6.45, 7) is 0.115. The van der Waals surface area contributed by atoms with Crippen molar-refractivity contribution in [2.75, 3.05) is 20.0 Å². The Kier molecular flexibility index (Phi) is 7.71. The highest BCUT2D eigenvalue weighted by Gasteiger charge is 2.13. The van der Waals surface area contributed by atoms with Gasteiger partial charge < -0.3 is 18.6 Å². The summed E-state index contributed by atoms with van der Waals surface area (Å²) in [7, 11) is 2.96. The van der Waals surface area contributed by atoms with Crippen LogP contribution in [-0.4, -0.2) is 42.0 Å². The zero-order valence-electron chi connectivity index (χ0n) is 16.8. The van der Waals surface area contributed by atoms with Gasteiger partial charge in [0.25, 0.3) is 17.0 Å². The molecule has 0 fully saturated rings. The average molecular weight is 444 g/mol. The third kappa shape index (κ3) is 6.64. The Balaban J connectivity index is 1.43. The molecule has 2 amide bonds. The third-order valence-corrected chi connectivity index (χ3v) is 4.63. The van der Waals surface area contributed by atoms with Gasteiger partial charge in [0.2, 0.25) is 5.91 Å². The number of amides is 2. The lowest BCUT2D eigenvalue weighted by Crippen LogP contribution is -2.42. The van der Waals surface area contributed by atoms with Crippen LogP contribution in [-0.2, 0) is 11.4 Å². The number of hydrogen-bond donors (Lipinski definition) is 2. The Hall–Kier alpha value is -3.73. The molecule has 3 aromatic rings. The van der Waals surface area contributed by atoms with Gasteiger partial charge in [-0.3, -0.25) is 20.4 Å². The largest absolute Gasteiger partial charge is 0.497 e. The van der Waals surface area contributed by atoms with E-state index in [1.54, 1.807) is 6.07 Å². The molecule has 0 saturated carbocycles. The summed E-state index contributed by atoms with van der Waals surface area (Å²) in [4.78, 5) is 24.3. The first-order valence-electron chi connectivity index (χ1n) is 9.02. The molecule has 3 rings (SSSR count). The minimum atomic E-state index is -0.520. The van der Waals surface area contributed by atoms with Gasteiger partial charge in [-0.25, -0.2) is 0 Å². The normalized spacial score (nSPS) is 10.3. The molecule has 2 aromatic carbocycles. The van der Waals surface area contributed by atoms with Gasteiger partial charge >= 0.3 is 0 Å². The number of carbonyl (C=O) groups excluding carboxylic acids is 2. The number of para-hydroxylation sites is 1. The van der Waals surface area contributed by atoms with Gasteiger partial charge in [-0.05, 0) is 24.3 Å². The number of benzene rings is 2. The molecule has 0 atom stereocenters. The molecule has 0 aliphatic heterocycles. The van der Waals surface area contributed by atoms with Crippen LogP contribution < -0.4 is 25.1 Å². The van der Waals surface area contributed by atoms with Crippen LogP contribution in [0.1, 0.15) is 16.2 Å². The Morgan fingerprint density at radius 1 is 0.968 bits per heavy atom. The number of nitrogens with one attached hydrogen (secondary N) is 2. The molecule has 0 bridgehead atoms. The van der Waals surface area contributed by atoms with Gasteiger partial charge in [0.05, 0.1) is 20.0 Å². The lowest BCUT2D eigenvalue weighted by atomic mass is 10.2. The van der Waals surface area contributed by atoms with E-state index in [0.717, 1.165) is 11.8 Å². The molecule has 0 radical (unpaired) electrons. The fourth-order valence-corrected chi connectivity index (χ4v) is 2.90. The van der Waals surface area contributed by atoms with E-state index in [1.165, 1.54) is 26.4 Å². The second-order valence-electron chi connectivity index (χ2n) is 5.96. The van der Waals surface area contributed by atoms with E-state index in [9.17, 15) is 9.59 Å². The molecule has 162 valence electrons. The minimum Gasteiger partial charge on any atom is -0.497 e. The molecule has 11 heteroatoms. The van der Waals surface area contributed by atoms with E-state index in [0.29, 0.717) is 17.2 Å². The Labute approximate surface area is 182 Å². The van der Waals surface area contributed by atoms with Crippen LogP contribution >= 0.6 is 11.8 Å². The fraction of sp³-hybridized carbons (Fsp3) is 0.200. The van der Waals surface area contributed by atoms with E-state index in [2.05, 4.69) is 21.0 Å². The van der Waals surface area contributed by atoms with Gasteiger partial charge in [-0.1, -0.05) is 30.0 Å². The Morgan fingerprint density at radius 2 is 1.68 bits per heavy atom. The van der Waals surface area contributed by atoms with Gasteiger partial charge in [0.1, 0.15) is 17.2 Å². The molecule has 0 saturated heterocycles. The van der Waals surface area contributed by atoms with Crippen molar-refractivity contribution >= 4 is 23.6 Å². The van der Waals surface area contributed by atoms with Crippen molar-refractivity contribution in [1.82, 2.24) is 21.0 Å². The highest BCUT2D eigenvalue weighted by Crippen LogP contribution is 2.22. The van der Waals surface area contributed by atoms with Crippen molar-refractivity contribution in [2.24, 2.45) is 0 Å². The molecule has 2 N–H and O–H groups in total. The molecule has 0 spiro atoms. The molecule has 0 unspecified atom stereocenters. The van der Waals surface area contributed by atoms with E-state index in [-0.39, 0.29) is 29.0 Å². The average Bonchev–Trinajstić information content (AvgIpc) is 3.28. The van der Waals surface area contributed by atoms with Crippen LogP contribution in [0.25, 0.3) is 0 Å². The number of hydrogen-bond acceptors (Lipinski definition) is 9. The number of carbonyl (C=O) groups is 2. The van der Waals surface area contributed by atoms with E-state index >= 15 is 0 Å². The monoisotopic (exact) mass is 444 g/mol. The number of hydrazine groups is 1. The van der Waals surface area contributed by atoms with Crippen LogP contribution in [0.2, 0.25) is 0 Å². The quantitative estimate of drug-likeness (QED) is 0.377. The smallest absolute Gasteiger partial charge is 0.277 e. The molecule has 1 heterocycles. The number of nitrogens with zero attached hydrogens (tertiary/aromatic N) is 2. The van der Waals surface area contributed by atoms with Crippen molar-refractivity contribution in [2.45, 2.75) is 11.8 Å². The first kappa shape index (κ1) is 22.0. The highest BCUT2D eigenvalue weighted by atomic mass is 32.2. The molecule has 0 aliphatic rings. The fourth-order valence-electron chi connectivity index (χ4n) is 2.32. The summed E-state index contributed by atoms with van der Waals surface area (Å²) in [6.07, 6.45) is 0. The van der Waals surface area contributed by atoms with Gasteiger partial charge in [0, 0.05) is 11.6 Å².